The third kappa shape index (κ3) is 3.87. The molecule has 0 atom stereocenters. The number of nitrogens with one attached hydrogen (secondary N) is 1. The number of anilines is 1. The highest BCUT2D eigenvalue weighted by molar-refractivity contribution is 7.99. The standard InChI is InChI=1S/C18H13N5OS2/c24-16(21-18-20-14-5-1-2-6-15(14)26-18)11-25-17-8-7-13(22-23-17)12-4-3-9-19-10-12/h1-10H,11H2,(H,20,21,24). The third-order valence-electron chi connectivity index (χ3n) is 3.49. The Morgan fingerprint density at radius 3 is 2.77 bits per heavy atom. The van der Waals surface area contributed by atoms with Crippen molar-refractivity contribution >= 4 is 44.4 Å². The first-order valence-corrected chi connectivity index (χ1v) is 9.60. The molecule has 3 aromatic heterocycles. The van der Waals surface area contributed by atoms with Crippen LogP contribution in [-0.2, 0) is 4.79 Å². The van der Waals surface area contributed by atoms with Crippen LogP contribution in [0.3, 0.4) is 0 Å². The van der Waals surface area contributed by atoms with Crippen LogP contribution in [0.4, 0.5) is 5.13 Å². The van der Waals surface area contributed by atoms with E-state index >= 15 is 0 Å². The maximum Gasteiger partial charge on any atom is 0.236 e. The Morgan fingerprint density at radius 1 is 1.08 bits per heavy atom. The van der Waals surface area contributed by atoms with E-state index < -0.39 is 0 Å². The molecule has 0 aliphatic heterocycles. The van der Waals surface area contributed by atoms with Crippen molar-refractivity contribution in [2.24, 2.45) is 0 Å². The number of para-hydroxylation sites is 1. The van der Waals surface area contributed by atoms with E-state index in [9.17, 15) is 4.79 Å². The number of thioether (sulfide) groups is 1. The van der Waals surface area contributed by atoms with E-state index in [-0.39, 0.29) is 11.7 Å². The van der Waals surface area contributed by atoms with Crippen LogP contribution in [0.2, 0.25) is 0 Å². The summed E-state index contributed by atoms with van der Waals surface area (Å²) in [6.07, 6.45) is 3.45. The van der Waals surface area contributed by atoms with Crippen molar-refractivity contribution in [1.82, 2.24) is 20.2 Å². The Hall–Kier alpha value is -2.84. The third-order valence-corrected chi connectivity index (χ3v) is 5.36. The van der Waals surface area contributed by atoms with E-state index in [1.165, 1.54) is 23.1 Å². The molecule has 0 spiro atoms. The summed E-state index contributed by atoms with van der Waals surface area (Å²) >= 11 is 2.79. The molecule has 128 valence electrons. The average Bonchev–Trinajstić information content (AvgIpc) is 3.09. The fourth-order valence-corrected chi connectivity index (χ4v) is 3.78. The highest BCUT2D eigenvalue weighted by Gasteiger charge is 2.09. The number of amides is 1. The normalized spacial score (nSPS) is 10.8. The number of pyridine rings is 1. The molecule has 1 amide bonds. The zero-order valence-corrected chi connectivity index (χ0v) is 15.1. The van der Waals surface area contributed by atoms with Crippen LogP contribution in [0, 0.1) is 0 Å². The van der Waals surface area contributed by atoms with Crippen molar-refractivity contribution in [2.75, 3.05) is 11.1 Å². The number of hydrogen-bond acceptors (Lipinski definition) is 7. The van der Waals surface area contributed by atoms with E-state index in [1.54, 1.807) is 12.4 Å². The zero-order valence-electron chi connectivity index (χ0n) is 13.5. The van der Waals surface area contributed by atoms with Crippen LogP contribution in [-0.4, -0.2) is 31.8 Å². The molecule has 0 radical (unpaired) electrons. The van der Waals surface area contributed by atoms with Crippen LogP contribution < -0.4 is 5.32 Å². The quantitative estimate of drug-likeness (QED) is 0.530. The number of aromatic nitrogens is 4. The van der Waals surface area contributed by atoms with Gasteiger partial charge in [-0.1, -0.05) is 35.2 Å². The summed E-state index contributed by atoms with van der Waals surface area (Å²) in [7, 11) is 0. The molecule has 0 aliphatic carbocycles. The fraction of sp³-hybridized carbons (Fsp3) is 0.0556. The molecule has 8 heteroatoms. The van der Waals surface area contributed by atoms with Gasteiger partial charge in [0.15, 0.2) is 5.13 Å². The number of fused-ring (bicyclic) bond motifs is 1. The molecule has 4 aromatic rings. The Bertz CT molecular complexity index is 1000. The van der Waals surface area contributed by atoms with Crippen molar-refractivity contribution in [3.8, 4) is 11.3 Å². The number of carbonyl (C=O) groups excluding carboxylic acids is 1. The van der Waals surface area contributed by atoms with E-state index in [2.05, 4.69) is 25.5 Å². The second-order valence-electron chi connectivity index (χ2n) is 5.32. The monoisotopic (exact) mass is 379 g/mol. The van der Waals surface area contributed by atoms with Gasteiger partial charge in [-0.15, -0.1) is 10.2 Å². The van der Waals surface area contributed by atoms with Crippen molar-refractivity contribution < 1.29 is 4.79 Å². The summed E-state index contributed by atoms with van der Waals surface area (Å²) in [5, 5.41) is 12.5. The summed E-state index contributed by atoms with van der Waals surface area (Å²) in [5.41, 5.74) is 2.55. The minimum atomic E-state index is -0.118. The molecule has 0 bridgehead atoms. The van der Waals surface area contributed by atoms with E-state index in [1.807, 2.05) is 48.5 Å². The molecule has 6 nitrogen and oxygen atoms in total. The minimum Gasteiger partial charge on any atom is -0.301 e. The molecule has 0 saturated carbocycles. The lowest BCUT2D eigenvalue weighted by Crippen LogP contribution is -2.13. The maximum atomic E-state index is 12.1. The Morgan fingerprint density at radius 2 is 2.00 bits per heavy atom. The first kappa shape index (κ1) is 16.6. The smallest absolute Gasteiger partial charge is 0.236 e. The van der Waals surface area contributed by atoms with Gasteiger partial charge in [0.05, 0.1) is 21.7 Å². The van der Waals surface area contributed by atoms with E-state index in [0.29, 0.717) is 10.2 Å². The van der Waals surface area contributed by atoms with Gasteiger partial charge in [0, 0.05) is 18.0 Å². The molecule has 3 heterocycles. The number of nitrogens with zero attached hydrogens (tertiary/aromatic N) is 4. The Balaban J connectivity index is 1.35. The highest BCUT2D eigenvalue weighted by Crippen LogP contribution is 2.26. The molecule has 0 aliphatic rings. The van der Waals surface area contributed by atoms with Crippen molar-refractivity contribution in [3.63, 3.8) is 0 Å². The van der Waals surface area contributed by atoms with Gasteiger partial charge >= 0.3 is 0 Å². The van der Waals surface area contributed by atoms with Gasteiger partial charge in [-0.3, -0.25) is 9.78 Å². The number of carbonyl (C=O) groups is 1. The average molecular weight is 379 g/mol. The number of hydrogen-bond donors (Lipinski definition) is 1. The molecule has 1 N–H and O–H groups in total. The highest BCUT2D eigenvalue weighted by atomic mass is 32.2. The lowest BCUT2D eigenvalue weighted by molar-refractivity contribution is -0.113. The molecule has 4 rings (SSSR count). The van der Waals surface area contributed by atoms with Gasteiger partial charge in [-0.25, -0.2) is 4.98 Å². The second-order valence-corrected chi connectivity index (χ2v) is 7.35. The molecular formula is C18H13N5OS2. The predicted octanol–water partition coefficient (Wildman–Crippen LogP) is 3.88. The summed E-state index contributed by atoms with van der Waals surface area (Å²) in [6.45, 7) is 0. The molecule has 26 heavy (non-hydrogen) atoms. The van der Waals surface area contributed by atoms with Gasteiger partial charge in [0.2, 0.25) is 5.91 Å². The summed E-state index contributed by atoms with van der Waals surface area (Å²) < 4.78 is 1.05. The van der Waals surface area contributed by atoms with E-state index in [4.69, 9.17) is 0 Å². The van der Waals surface area contributed by atoms with Gasteiger partial charge in [0.1, 0.15) is 5.03 Å². The lowest BCUT2D eigenvalue weighted by atomic mass is 10.2. The van der Waals surface area contributed by atoms with Crippen molar-refractivity contribution in [1.29, 1.82) is 0 Å². The molecular weight excluding hydrogens is 366 g/mol. The number of benzene rings is 1. The summed E-state index contributed by atoms with van der Waals surface area (Å²) in [6, 6.07) is 15.3. The molecule has 0 fully saturated rings. The number of thiazole rings is 1. The zero-order chi connectivity index (χ0) is 17.8. The summed E-state index contributed by atoms with van der Waals surface area (Å²) in [4.78, 5) is 20.6. The molecule has 1 aromatic carbocycles. The van der Waals surface area contributed by atoms with Gasteiger partial charge in [-0.2, -0.15) is 0 Å². The first-order valence-electron chi connectivity index (χ1n) is 7.80. The van der Waals surface area contributed by atoms with Crippen LogP contribution >= 0.6 is 23.1 Å². The minimum absolute atomic E-state index is 0.118. The molecule has 0 unspecified atom stereocenters. The van der Waals surface area contributed by atoms with Crippen LogP contribution in [0.15, 0.2) is 66.0 Å². The summed E-state index contributed by atoms with van der Waals surface area (Å²) in [5.74, 6) is 0.129. The van der Waals surface area contributed by atoms with Crippen LogP contribution in [0.1, 0.15) is 0 Å². The predicted molar refractivity (Wildman–Crippen MR) is 104 cm³/mol. The lowest BCUT2D eigenvalue weighted by Gasteiger charge is -2.02. The Kier molecular flexibility index (Phi) is 4.85. The van der Waals surface area contributed by atoms with Crippen LogP contribution in [0.5, 0.6) is 0 Å². The van der Waals surface area contributed by atoms with Gasteiger partial charge in [0.25, 0.3) is 0 Å². The second kappa shape index (κ2) is 7.59. The fourth-order valence-electron chi connectivity index (χ4n) is 2.29. The van der Waals surface area contributed by atoms with E-state index in [0.717, 1.165) is 21.5 Å². The van der Waals surface area contributed by atoms with Gasteiger partial charge < -0.3 is 5.32 Å². The first-order chi connectivity index (χ1) is 12.8. The number of rotatable bonds is 5. The SMILES string of the molecule is O=C(CSc1ccc(-c2cccnc2)nn1)Nc1nc2ccccc2s1. The topological polar surface area (TPSA) is 80.7 Å². The largest absolute Gasteiger partial charge is 0.301 e. The Labute approximate surface area is 157 Å². The van der Waals surface area contributed by atoms with Gasteiger partial charge in [-0.05, 0) is 36.4 Å². The molecule has 0 saturated heterocycles. The van der Waals surface area contributed by atoms with Crippen molar-refractivity contribution in [3.05, 3.63) is 60.9 Å². The van der Waals surface area contributed by atoms with Crippen molar-refractivity contribution in [2.45, 2.75) is 5.03 Å². The van der Waals surface area contributed by atoms with Crippen LogP contribution in [0.25, 0.3) is 21.5 Å². The maximum absolute atomic E-state index is 12.1.